The van der Waals surface area contributed by atoms with Crippen LogP contribution in [-0.2, 0) is 0 Å². The number of nitrogens with two attached hydrogens (primary N) is 1. The van der Waals surface area contributed by atoms with E-state index in [9.17, 15) is 14.5 Å². The summed E-state index contributed by atoms with van der Waals surface area (Å²) < 4.78 is 12.8. The molecule has 3 N–H and O–H groups in total. The van der Waals surface area contributed by atoms with Gasteiger partial charge in [0.15, 0.2) is 5.03 Å². The number of nitrogens with one attached hydrogen (secondary N) is 1. The van der Waals surface area contributed by atoms with Gasteiger partial charge >= 0.3 is 0 Å². The van der Waals surface area contributed by atoms with E-state index < -0.39 is 5.03 Å². The van der Waals surface area contributed by atoms with Gasteiger partial charge in [-0.2, -0.15) is 0 Å². The number of hydrogen-bond acceptors (Lipinski definition) is 3. The normalized spacial score (nSPS) is 11.2. The van der Waals surface area contributed by atoms with Crippen molar-refractivity contribution in [3.63, 3.8) is 0 Å². The molecule has 7 heteroatoms. The number of hydrogen-bond donors (Lipinski definition) is 2. The molecule has 0 spiro atoms. The van der Waals surface area contributed by atoms with Crippen molar-refractivity contribution in [1.82, 2.24) is 5.43 Å². The topological polar surface area (TPSA) is 93.5 Å². The molecule has 0 saturated heterocycles. The molecule has 0 atom stereocenters. The van der Waals surface area contributed by atoms with Gasteiger partial charge < -0.3 is 5.73 Å². The molecule has 0 radical (unpaired) electrons. The highest BCUT2D eigenvalue weighted by atomic mass is 19.1. The number of rotatable bonds is 2. The molecule has 1 aromatic rings. The van der Waals surface area contributed by atoms with Crippen LogP contribution in [0.15, 0.2) is 23.2 Å². The van der Waals surface area contributed by atoms with Crippen molar-refractivity contribution < 1.29 is 9.42 Å². The fraction of sp³-hybridized carbons (Fsp3) is 0.125. The monoisotopic (exact) mass is 212 g/mol. The molecule has 0 fully saturated rings. The maximum Gasteiger partial charge on any atom is 0.256 e. The highest BCUT2D eigenvalue weighted by Gasteiger charge is 2.01. The molecule has 6 nitrogen and oxygen atoms in total. The number of hydrazine groups is 1. The SMILES string of the molecule is Cc1cc(N=C(N)N[N+](=O)[O-])ccc1F. The maximum atomic E-state index is 12.8. The number of benzene rings is 1. The number of nitro groups is 1. The van der Waals surface area contributed by atoms with Crippen molar-refractivity contribution in [2.45, 2.75) is 6.92 Å². The first-order valence-electron chi connectivity index (χ1n) is 4.00. The lowest BCUT2D eigenvalue weighted by molar-refractivity contribution is -0.525. The van der Waals surface area contributed by atoms with E-state index in [4.69, 9.17) is 5.73 Å². The zero-order valence-corrected chi connectivity index (χ0v) is 7.90. The first-order valence-corrected chi connectivity index (χ1v) is 4.00. The fourth-order valence-electron chi connectivity index (χ4n) is 0.956. The number of aliphatic imine (C=N–C) groups is 1. The smallest absolute Gasteiger partial charge is 0.256 e. The number of guanidine groups is 1. The summed E-state index contributed by atoms with van der Waals surface area (Å²) >= 11 is 0. The van der Waals surface area contributed by atoms with Crippen LogP contribution < -0.4 is 11.2 Å². The standard InChI is InChI=1S/C8H9FN4O2/c1-5-4-6(2-3-7(5)9)11-8(10)12-13(14)15/h2-4H,1H3,(H3,10,11,12). The molecule has 80 valence electrons. The second kappa shape index (κ2) is 4.36. The minimum Gasteiger partial charge on any atom is -0.365 e. The molecule has 0 aliphatic heterocycles. The van der Waals surface area contributed by atoms with E-state index in [1.165, 1.54) is 18.2 Å². The first kappa shape index (κ1) is 10.9. The Labute approximate surface area is 84.7 Å². The lowest BCUT2D eigenvalue weighted by Crippen LogP contribution is -2.35. The third kappa shape index (κ3) is 3.22. The van der Waals surface area contributed by atoms with Crippen LogP contribution in [0.3, 0.4) is 0 Å². The van der Waals surface area contributed by atoms with E-state index in [1.807, 2.05) is 0 Å². The summed E-state index contributed by atoms with van der Waals surface area (Å²) in [6.45, 7) is 1.56. The average Bonchev–Trinajstić information content (AvgIpc) is 2.10. The van der Waals surface area contributed by atoms with Crippen LogP contribution in [0.4, 0.5) is 10.1 Å². The molecule has 0 aliphatic rings. The zero-order chi connectivity index (χ0) is 11.4. The van der Waals surface area contributed by atoms with Crippen molar-refractivity contribution in [1.29, 1.82) is 0 Å². The van der Waals surface area contributed by atoms with Gasteiger partial charge in [0.05, 0.1) is 5.69 Å². The zero-order valence-electron chi connectivity index (χ0n) is 7.90. The summed E-state index contributed by atoms with van der Waals surface area (Å²) in [5.74, 6) is -0.722. The Morgan fingerprint density at radius 2 is 2.33 bits per heavy atom. The second-order valence-corrected chi connectivity index (χ2v) is 2.80. The lowest BCUT2D eigenvalue weighted by Gasteiger charge is -1.99. The molecule has 1 aromatic carbocycles. The quantitative estimate of drug-likeness (QED) is 0.329. The summed E-state index contributed by atoms with van der Waals surface area (Å²) in [5, 5.41) is 9.17. The summed E-state index contributed by atoms with van der Waals surface area (Å²) in [4.78, 5) is 13.7. The lowest BCUT2D eigenvalue weighted by atomic mass is 10.2. The predicted octanol–water partition coefficient (Wildman–Crippen LogP) is 0.862. The molecule has 0 aromatic heterocycles. The van der Waals surface area contributed by atoms with Crippen molar-refractivity contribution >= 4 is 11.6 Å². The van der Waals surface area contributed by atoms with Crippen LogP contribution in [0.5, 0.6) is 0 Å². The molecular weight excluding hydrogens is 203 g/mol. The van der Waals surface area contributed by atoms with Gasteiger partial charge in [-0.05, 0) is 30.7 Å². The van der Waals surface area contributed by atoms with Gasteiger partial charge in [0.25, 0.3) is 5.96 Å². The van der Waals surface area contributed by atoms with Gasteiger partial charge in [-0.3, -0.25) is 0 Å². The minimum absolute atomic E-state index is 0.348. The molecule has 0 unspecified atom stereocenters. The van der Waals surface area contributed by atoms with Crippen molar-refractivity contribution in [2.24, 2.45) is 10.7 Å². The van der Waals surface area contributed by atoms with Gasteiger partial charge in [0.2, 0.25) is 0 Å². The highest BCUT2D eigenvalue weighted by Crippen LogP contribution is 2.16. The van der Waals surface area contributed by atoms with Crippen LogP contribution in [0.1, 0.15) is 5.56 Å². The third-order valence-corrected chi connectivity index (χ3v) is 1.60. The van der Waals surface area contributed by atoms with Gasteiger partial charge in [0.1, 0.15) is 5.82 Å². The first-order chi connectivity index (χ1) is 6.99. The molecule has 0 amide bonds. The van der Waals surface area contributed by atoms with E-state index in [0.29, 0.717) is 11.3 Å². The van der Waals surface area contributed by atoms with Gasteiger partial charge in [-0.1, -0.05) is 5.43 Å². The number of nitrogens with zero attached hydrogens (tertiary/aromatic N) is 2. The van der Waals surface area contributed by atoms with Crippen molar-refractivity contribution in [2.75, 3.05) is 0 Å². The van der Waals surface area contributed by atoms with E-state index in [0.717, 1.165) is 0 Å². The second-order valence-electron chi connectivity index (χ2n) is 2.80. The Morgan fingerprint density at radius 1 is 1.67 bits per heavy atom. The third-order valence-electron chi connectivity index (χ3n) is 1.60. The molecule has 0 bridgehead atoms. The summed E-state index contributed by atoms with van der Waals surface area (Å²) in [5.41, 5.74) is 7.62. The van der Waals surface area contributed by atoms with Gasteiger partial charge in [-0.25, -0.2) is 19.5 Å². The summed E-state index contributed by atoms with van der Waals surface area (Å²) in [6, 6.07) is 4.02. The number of halogens is 1. The average molecular weight is 212 g/mol. The van der Waals surface area contributed by atoms with E-state index in [-0.39, 0.29) is 11.8 Å². The number of aryl methyl sites for hydroxylation is 1. The van der Waals surface area contributed by atoms with E-state index in [1.54, 1.807) is 12.3 Å². The van der Waals surface area contributed by atoms with Crippen LogP contribution in [0.2, 0.25) is 0 Å². The van der Waals surface area contributed by atoms with E-state index >= 15 is 0 Å². The Kier molecular flexibility index (Phi) is 3.17. The largest absolute Gasteiger partial charge is 0.365 e. The minimum atomic E-state index is -0.824. The summed E-state index contributed by atoms with van der Waals surface area (Å²) in [7, 11) is 0. The molecule has 0 saturated carbocycles. The van der Waals surface area contributed by atoms with Crippen LogP contribution >= 0.6 is 0 Å². The Morgan fingerprint density at radius 3 is 2.87 bits per heavy atom. The maximum absolute atomic E-state index is 12.8. The van der Waals surface area contributed by atoms with Crippen molar-refractivity contribution in [3.8, 4) is 0 Å². The molecular formula is C8H9FN4O2. The predicted molar refractivity (Wildman–Crippen MR) is 52.5 cm³/mol. The van der Waals surface area contributed by atoms with Crippen LogP contribution in [-0.4, -0.2) is 11.0 Å². The Hall–Kier alpha value is -2.18. The Balaban J connectivity index is 2.88. The highest BCUT2D eigenvalue weighted by molar-refractivity contribution is 5.79. The molecule has 0 aliphatic carbocycles. The van der Waals surface area contributed by atoms with Crippen LogP contribution in [0, 0.1) is 22.9 Å². The molecule has 1 rings (SSSR count). The fourth-order valence-corrected chi connectivity index (χ4v) is 0.956. The molecule has 15 heavy (non-hydrogen) atoms. The molecule has 0 heterocycles. The van der Waals surface area contributed by atoms with Crippen molar-refractivity contribution in [3.05, 3.63) is 39.7 Å². The van der Waals surface area contributed by atoms with E-state index in [2.05, 4.69) is 4.99 Å². The summed E-state index contributed by atoms with van der Waals surface area (Å²) in [6.07, 6.45) is 0. The Bertz CT molecular complexity index is 419. The van der Waals surface area contributed by atoms with Gasteiger partial charge in [0, 0.05) is 0 Å². The van der Waals surface area contributed by atoms with Gasteiger partial charge in [-0.15, -0.1) is 0 Å². The van der Waals surface area contributed by atoms with Crippen LogP contribution in [0.25, 0.3) is 0 Å².